The average Bonchev–Trinajstić information content (AvgIpc) is 2.69. The summed E-state index contributed by atoms with van der Waals surface area (Å²) in [6.07, 6.45) is 1.20. The monoisotopic (exact) mass is 286 g/mol. The van der Waals surface area contributed by atoms with E-state index in [1.54, 1.807) is 25.3 Å². The summed E-state index contributed by atoms with van der Waals surface area (Å²) >= 11 is 1.44. The number of nitrogens with one attached hydrogen (secondary N) is 1. The molecule has 0 saturated heterocycles. The van der Waals surface area contributed by atoms with Crippen LogP contribution >= 0.6 is 11.3 Å². The molecule has 5 nitrogen and oxygen atoms in total. The summed E-state index contributed by atoms with van der Waals surface area (Å²) < 4.78 is 28.7. The third kappa shape index (κ3) is 2.98. The Morgan fingerprint density at radius 3 is 2.89 bits per heavy atom. The highest BCUT2D eigenvalue weighted by atomic mass is 32.2. The first-order chi connectivity index (χ1) is 8.50. The topological polar surface area (TPSA) is 68.3 Å². The molecule has 0 spiro atoms. The number of benzene rings is 1. The van der Waals surface area contributed by atoms with Crippen molar-refractivity contribution in [2.45, 2.75) is 4.90 Å². The zero-order valence-electron chi connectivity index (χ0n) is 10.1. The van der Waals surface area contributed by atoms with Crippen LogP contribution in [0.4, 0.5) is 5.13 Å². The van der Waals surface area contributed by atoms with Crippen molar-refractivity contribution in [2.24, 2.45) is 0 Å². The van der Waals surface area contributed by atoms with Crippen LogP contribution in [0.25, 0.3) is 10.2 Å². The zero-order chi connectivity index (χ0) is 13.2. The summed E-state index contributed by atoms with van der Waals surface area (Å²) in [5.74, 6) is 0. The Morgan fingerprint density at radius 2 is 2.22 bits per heavy atom. The summed E-state index contributed by atoms with van der Waals surface area (Å²) in [7, 11) is -1.53. The van der Waals surface area contributed by atoms with Crippen LogP contribution < -0.4 is 5.32 Å². The molecule has 1 N–H and O–H groups in total. The summed E-state index contributed by atoms with van der Waals surface area (Å²) in [4.78, 5) is 4.69. The number of hydrogen-bond acceptors (Lipinski definition) is 6. The molecular formula is C11H14N2O3S2. The van der Waals surface area contributed by atoms with Crippen molar-refractivity contribution in [1.29, 1.82) is 0 Å². The SMILES string of the molecule is COCCNc1nc2ccc(S(C)(=O)=O)cc2s1. The second kappa shape index (κ2) is 5.21. The lowest BCUT2D eigenvalue weighted by Crippen LogP contribution is -2.06. The molecular weight excluding hydrogens is 272 g/mol. The molecule has 2 rings (SSSR count). The van der Waals surface area contributed by atoms with Gasteiger partial charge in [-0.3, -0.25) is 0 Å². The van der Waals surface area contributed by atoms with Gasteiger partial charge in [-0.05, 0) is 18.2 Å². The Balaban J connectivity index is 2.28. The second-order valence-electron chi connectivity index (χ2n) is 3.84. The van der Waals surface area contributed by atoms with E-state index >= 15 is 0 Å². The predicted molar refractivity (Wildman–Crippen MR) is 73.1 cm³/mol. The fourth-order valence-corrected chi connectivity index (χ4v) is 3.12. The number of anilines is 1. The molecule has 1 aromatic carbocycles. The first-order valence-electron chi connectivity index (χ1n) is 5.34. The number of methoxy groups -OCH3 is 1. The average molecular weight is 286 g/mol. The van der Waals surface area contributed by atoms with E-state index in [4.69, 9.17) is 4.74 Å². The number of rotatable bonds is 5. The number of thiazole rings is 1. The van der Waals surface area contributed by atoms with E-state index < -0.39 is 9.84 Å². The molecule has 0 bridgehead atoms. The Bertz CT molecular complexity index is 649. The van der Waals surface area contributed by atoms with Crippen molar-refractivity contribution in [1.82, 2.24) is 4.98 Å². The van der Waals surface area contributed by atoms with Crippen LogP contribution in [0.1, 0.15) is 0 Å². The highest BCUT2D eigenvalue weighted by Crippen LogP contribution is 2.27. The Morgan fingerprint density at radius 1 is 1.44 bits per heavy atom. The highest BCUT2D eigenvalue weighted by Gasteiger charge is 2.10. The Hall–Kier alpha value is -1.18. The van der Waals surface area contributed by atoms with Crippen molar-refractivity contribution in [3.8, 4) is 0 Å². The lowest BCUT2D eigenvalue weighted by Gasteiger charge is -1.99. The van der Waals surface area contributed by atoms with Gasteiger partial charge in [0.1, 0.15) is 0 Å². The molecule has 0 amide bonds. The van der Waals surface area contributed by atoms with Crippen LogP contribution in [-0.4, -0.2) is 39.9 Å². The smallest absolute Gasteiger partial charge is 0.183 e. The molecule has 2 aromatic rings. The van der Waals surface area contributed by atoms with Gasteiger partial charge in [0.05, 0.1) is 21.7 Å². The van der Waals surface area contributed by atoms with Gasteiger partial charge in [0, 0.05) is 19.9 Å². The molecule has 7 heteroatoms. The largest absolute Gasteiger partial charge is 0.383 e. The van der Waals surface area contributed by atoms with Crippen molar-refractivity contribution < 1.29 is 13.2 Å². The maximum absolute atomic E-state index is 11.4. The van der Waals surface area contributed by atoms with Gasteiger partial charge < -0.3 is 10.1 Å². The van der Waals surface area contributed by atoms with E-state index in [2.05, 4.69) is 10.3 Å². The van der Waals surface area contributed by atoms with Crippen LogP contribution in [0.2, 0.25) is 0 Å². The lowest BCUT2D eigenvalue weighted by molar-refractivity contribution is 0.211. The number of hydrogen-bond donors (Lipinski definition) is 1. The third-order valence-electron chi connectivity index (χ3n) is 2.37. The maximum atomic E-state index is 11.4. The molecule has 0 radical (unpaired) electrons. The molecule has 0 aliphatic heterocycles. The number of sulfone groups is 1. The highest BCUT2D eigenvalue weighted by molar-refractivity contribution is 7.90. The van der Waals surface area contributed by atoms with Crippen LogP contribution in [0.5, 0.6) is 0 Å². The van der Waals surface area contributed by atoms with Gasteiger partial charge in [-0.1, -0.05) is 11.3 Å². The molecule has 0 aliphatic rings. The summed E-state index contributed by atoms with van der Waals surface area (Å²) in [5.41, 5.74) is 0.798. The number of aromatic nitrogens is 1. The van der Waals surface area contributed by atoms with E-state index in [0.29, 0.717) is 18.0 Å². The molecule has 1 aromatic heterocycles. The summed E-state index contributed by atoms with van der Waals surface area (Å²) in [6, 6.07) is 4.96. The molecule has 1 heterocycles. The summed E-state index contributed by atoms with van der Waals surface area (Å²) in [5, 5.41) is 3.90. The van der Waals surface area contributed by atoms with Gasteiger partial charge in [0.2, 0.25) is 0 Å². The minimum atomic E-state index is -3.17. The van der Waals surface area contributed by atoms with Gasteiger partial charge in [-0.2, -0.15) is 0 Å². The number of nitrogens with zero attached hydrogens (tertiary/aromatic N) is 1. The van der Waals surface area contributed by atoms with Crippen LogP contribution in [0.3, 0.4) is 0 Å². The Kier molecular flexibility index (Phi) is 3.84. The fourth-order valence-electron chi connectivity index (χ4n) is 1.47. The maximum Gasteiger partial charge on any atom is 0.183 e. The molecule has 0 saturated carbocycles. The van der Waals surface area contributed by atoms with Gasteiger partial charge in [-0.25, -0.2) is 13.4 Å². The van der Waals surface area contributed by atoms with E-state index in [1.165, 1.54) is 17.6 Å². The molecule has 0 atom stereocenters. The quantitative estimate of drug-likeness (QED) is 0.848. The van der Waals surface area contributed by atoms with Gasteiger partial charge in [-0.15, -0.1) is 0 Å². The van der Waals surface area contributed by atoms with Crippen molar-refractivity contribution in [3.05, 3.63) is 18.2 Å². The van der Waals surface area contributed by atoms with Crippen molar-refractivity contribution in [2.75, 3.05) is 31.8 Å². The zero-order valence-corrected chi connectivity index (χ0v) is 11.8. The minimum Gasteiger partial charge on any atom is -0.383 e. The molecule has 0 fully saturated rings. The second-order valence-corrected chi connectivity index (χ2v) is 6.89. The van der Waals surface area contributed by atoms with E-state index in [9.17, 15) is 8.42 Å². The Labute approximate surface area is 110 Å². The molecule has 0 aliphatic carbocycles. The van der Waals surface area contributed by atoms with E-state index in [-0.39, 0.29) is 0 Å². The number of ether oxygens (including phenoxy) is 1. The van der Waals surface area contributed by atoms with Crippen molar-refractivity contribution in [3.63, 3.8) is 0 Å². The van der Waals surface area contributed by atoms with Gasteiger partial charge in [0.25, 0.3) is 0 Å². The predicted octanol–water partition coefficient (Wildman–Crippen LogP) is 1.76. The van der Waals surface area contributed by atoms with Crippen LogP contribution in [-0.2, 0) is 14.6 Å². The minimum absolute atomic E-state index is 0.321. The van der Waals surface area contributed by atoms with Gasteiger partial charge >= 0.3 is 0 Å². The first kappa shape index (κ1) is 13.3. The first-order valence-corrected chi connectivity index (χ1v) is 8.05. The van der Waals surface area contributed by atoms with E-state index in [1.807, 2.05) is 0 Å². The summed E-state index contributed by atoms with van der Waals surface area (Å²) in [6.45, 7) is 1.28. The molecule has 0 unspecified atom stereocenters. The van der Waals surface area contributed by atoms with Crippen molar-refractivity contribution >= 4 is 36.5 Å². The molecule has 18 heavy (non-hydrogen) atoms. The molecule has 98 valence electrons. The van der Waals surface area contributed by atoms with Gasteiger partial charge in [0.15, 0.2) is 15.0 Å². The van der Waals surface area contributed by atoms with E-state index in [0.717, 1.165) is 15.3 Å². The number of fused-ring (bicyclic) bond motifs is 1. The van der Waals surface area contributed by atoms with Crippen LogP contribution in [0.15, 0.2) is 23.1 Å². The normalized spacial score (nSPS) is 11.9. The lowest BCUT2D eigenvalue weighted by atomic mass is 10.3. The van der Waals surface area contributed by atoms with Crippen LogP contribution in [0, 0.1) is 0 Å². The fraction of sp³-hybridized carbons (Fsp3) is 0.364. The third-order valence-corrected chi connectivity index (χ3v) is 4.46. The standard InChI is InChI=1S/C11H14N2O3S2/c1-16-6-5-12-11-13-9-4-3-8(18(2,14)15)7-10(9)17-11/h3-4,7H,5-6H2,1-2H3,(H,12,13).